The smallest absolute Gasteiger partial charge is 0.127 e. The molecule has 86 heavy (non-hydrogen) atoms. The minimum atomic E-state index is -0.134. The quantitative estimate of drug-likeness (QED) is 0.152. The van der Waals surface area contributed by atoms with E-state index in [-0.39, 0.29) is 5.41 Å². The molecule has 0 radical (unpaired) electrons. The average molecular weight is 1150 g/mol. The monoisotopic (exact) mass is 1150 g/mol. The SMILES string of the molecule is CC.CC.COC.COC.Cc1cc(C)c(C)cc1C.Cc1ccc(Cc2ccc(C)c(C)c2)cc1C.Cc1ccc(Oc2ccc(C(C)(C)c3ccc(Oc4ccc(C)cc4)cc3)cc2)cc1.c1ccccc1.c1ccccc1.c1ccccc1. The standard InChI is InChI=1S/C29H28O2.C17H20.C10H14.3C6H6.2C2H6O.2C2H6/c1-21-5-13-25(14-6-21)30-27-17-9-23(10-18-27)29(3,4)24-11-19-28(20-12-24)31-26-15-7-22(2)8-16-26;1-12-5-7-16(9-14(12)3)11-17-8-6-13(2)15(4)10-17;1-7-5-9(3)10(4)6-8(7)2;3*1-2-4-6-5-3-1;2*1-3-2;2*1-2/h5-20H,1-4H3;5-10H,11H2,1-4H3;5-6H,1-4H3;3*1-6H;2*1-2H3;2*1-2H3. The summed E-state index contributed by atoms with van der Waals surface area (Å²) >= 11 is 0. The van der Waals surface area contributed by atoms with Crippen LogP contribution in [0.3, 0.4) is 0 Å². The van der Waals surface area contributed by atoms with Crippen molar-refractivity contribution in [3.63, 3.8) is 0 Å². The van der Waals surface area contributed by atoms with Crippen molar-refractivity contribution < 1.29 is 18.9 Å². The molecule has 0 aliphatic rings. The fourth-order valence-electron chi connectivity index (χ4n) is 7.85. The highest BCUT2D eigenvalue weighted by molar-refractivity contribution is 5.44. The summed E-state index contributed by atoms with van der Waals surface area (Å²) in [7, 11) is 6.50. The van der Waals surface area contributed by atoms with Gasteiger partial charge in [-0.05, 0) is 191 Å². The second-order valence-electron chi connectivity index (χ2n) is 20.8. The highest BCUT2D eigenvalue weighted by atomic mass is 16.5. The second-order valence-corrected chi connectivity index (χ2v) is 20.8. The molecule has 0 fully saturated rings. The van der Waals surface area contributed by atoms with E-state index in [1.165, 1.54) is 77.9 Å². The molecule has 10 rings (SSSR count). The minimum Gasteiger partial charge on any atom is -0.457 e. The van der Waals surface area contributed by atoms with Crippen molar-refractivity contribution in [1.82, 2.24) is 0 Å². The van der Waals surface area contributed by atoms with Gasteiger partial charge < -0.3 is 18.9 Å². The first-order valence-electron chi connectivity index (χ1n) is 30.1. The van der Waals surface area contributed by atoms with Crippen LogP contribution in [-0.2, 0) is 21.3 Å². The molecule has 0 aromatic heterocycles. The summed E-state index contributed by atoms with van der Waals surface area (Å²) in [6, 6.07) is 86.9. The first kappa shape index (κ1) is 75.7. The van der Waals surface area contributed by atoms with Crippen molar-refractivity contribution in [2.75, 3.05) is 28.4 Å². The van der Waals surface area contributed by atoms with E-state index in [2.05, 4.69) is 190 Å². The van der Waals surface area contributed by atoms with Crippen LogP contribution in [0.1, 0.15) is 119 Å². The Bertz CT molecular complexity index is 2870. The maximum absolute atomic E-state index is 5.97. The third-order valence-corrected chi connectivity index (χ3v) is 13.3. The number of aryl methyl sites for hydroxylation is 10. The maximum atomic E-state index is 5.97. The summed E-state index contributed by atoms with van der Waals surface area (Å²) in [4.78, 5) is 0. The molecule has 0 saturated heterocycles. The van der Waals surface area contributed by atoms with Crippen LogP contribution in [0.5, 0.6) is 23.0 Å². The van der Waals surface area contributed by atoms with Crippen LogP contribution in [0.2, 0.25) is 0 Å². The largest absolute Gasteiger partial charge is 0.457 e. The fourth-order valence-corrected chi connectivity index (χ4v) is 7.85. The van der Waals surface area contributed by atoms with Crippen molar-refractivity contribution >= 4 is 0 Å². The molecule has 0 heterocycles. The summed E-state index contributed by atoms with van der Waals surface area (Å²) in [6.07, 6.45) is 1.03. The number of hydrogen-bond donors (Lipinski definition) is 0. The molecule has 0 aliphatic heterocycles. The molecular formula is C82H104O4. The van der Waals surface area contributed by atoms with Gasteiger partial charge in [-0.15, -0.1) is 0 Å². The highest BCUT2D eigenvalue weighted by Crippen LogP contribution is 2.35. The van der Waals surface area contributed by atoms with E-state index in [1.807, 2.05) is 185 Å². The maximum Gasteiger partial charge on any atom is 0.127 e. The van der Waals surface area contributed by atoms with E-state index in [9.17, 15) is 0 Å². The van der Waals surface area contributed by atoms with Crippen molar-refractivity contribution in [3.8, 4) is 23.0 Å². The summed E-state index contributed by atoms with van der Waals surface area (Å²) in [5.74, 6) is 3.37. The van der Waals surface area contributed by atoms with Gasteiger partial charge >= 0.3 is 0 Å². The summed E-state index contributed by atoms with van der Waals surface area (Å²) < 4.78 is 20.4. The molecule has 0 amide bonds. The molecule has 456 valence electrons. The van der Waals surface area contributed by atoms with E-state index in [0.717, 1.165) is 29.4 Å². The Morgan fingerprint density at radius 3 is 0.663 bits per heavy atom. The van der Waals surface area contributed by atoms with Gasteiger partial charge in [0.15, 0.2) is 0 Å². The first-order valence-corrected chi connectivity index (χ1v) is 30.1. The predicted octanol–water partition coefficient (Wildman–Crippen LogP) is 23.3. The molecule has 10 aromatic rings. The first-order chi connectivity index (χ1) is 41.4. The Hall–Kier alpha value is -8.28. The minimum absolute atomic E-state index is 0.134. The van der Waals surface area contributed by atoms with Crippen LogP contribution in [0, 0.1) is 69.2 Å². The van der Waals surface area contributed by atoms with Crippen LogP contribution in [0.25, 0.3) is 0 Å². The molecule has 4 heteroatoms. The van der Waals surface area contributed by atoms with Gasteiger partial charge in [-0.25, -0.2) is 0 Å². The van der Waals surface area contributed by atoms with Gasteiger partial charge in [0.1, 0.15) is 23.0 Å². The average Bonchev–Trinajstić information content (AvgIpc) is 2.31. The van der Waals surface area contributed by atoms with Gasteiger partial charge in [-0.1, -0.05) is 259 Å². The normalized spacial score (nSPS) is 9.53. The molecule has 10 aromatic carbocycles. The molecule has 0 aliphatic carbocycles. The van der Waals surface area contributed by atoms with Crippen molar-refractivity contribution in [2.24, 2.45) is 0 Å². The number of rotatable bonds is 8. The van der Waals surface area contributed by atoms with E-state index < -0.39 is 0 Å². The number of ether oxygens (including phenoxy) is 4. The lowest BCUT2D eigenvalue weighted by atomic mass is 9.78. The summed E-state index contributed by atoms with van der Waals surface area (Å²) in [5.41, 5.74) is 18.6. The molecule has 0 atom stereocenters. The fraction of sp³-hybridized carbons (Fsp3) is 0.268. The number of hydrogen-bond acceptors (Lipinski definition) is 4. The van der Waals surface area contributed by atoms with Crippen LogP contribution in [0.15, 0.2) is 255 Å². The Morgan fingerprint density at radius 1 is 0.256 bits per heavy atom. The van der Waals surface area contributed by atoms with Gasteiger partial charge in [0.25, 0.3) is 0 Å². The molecule has 0 unspecified atom stereocenters. The molecule has 0 saturated carbocycles. The van der Waals surface area contributed by atoms with Crippen molar-refractivity contribution in [1.29, 1.82) is 0 Å². The van der Waals surface area contributed by atoms with Crippen molar-refractivity contribution in [2.45, 2.75) is 123 Å². The predicted molar refractivity (Wildman–Crippen MR) is 375 cm³/mol. The lowest BCUT2D eigenvalue weighted by Crippen LogP contribution is -2.18. The number of methoxy groups -OCH3 is 2. The Morgan fingerprint density at radius 2 is 0.453 bits per heavy atom. The van der Waals surface area contributed by atoms with E-state index in [0.29, 0.717) is 0 Å². The van der Waals surface area contributed by atoms with Crippen LogP contribution in [-0.4, -0.2) is 28.4 Å². The lowest BCUT2D eigenvalue weighted by Gasteiger charge is -2.26. The lowest BCUT2D eigenvalue weighted by molar-refractivity contribution is 0.277. The van der Waals surface area contributed by atoms with E-state index in [1.54, 1.807) is 28.4 Å². The van der Waals surface area contributed by atoms with Gasteiger partial charge in [0.05, 0.1) is 0 Å². The molecule has 0 bridgehead atoms. The zero-order chi connectivity index (χ0) is 64.1. The highest BCUT2D eigenvalue weighted by Gasteiger charge is 2.23. The summed E-state index contributed by atoms with van der Waals surface area (Å²) in [5, 5.41) is 0. The van der Waals surface area contributed by atoms with Crippen molar-refractivity contribution in [3.05, 3.63) is 333 Å². The van der Waals surface area contributed by atoms with E-state index in [4.69, 9.17) is 9.47 Å². The third-order valence-electron chi connectivity index (χ3n) is 13.3. The molecule has 0 spiro atoms. The van der Waals surface area contributed by atoms with Gasteiger partial charge in [0.2, 0.25) is 0 Å². The van der Waals surface area contributed by atoms with Crippen LogP contribution < -0.4 is 9.47 Å². The summed E-state index contributed by atoms with van der Waals surface area (Å²) in [6.45, 7) is 33.9. The second kappa shape index (κ2) is 45.1. The zero-order valence-electron chi connectivity index (χ0n) is 56.1. The molecule has 0 N–H and O–H groups in total. The third kappa shape index (κ3) is 31.6. The van der Waals surface area contributed by atoms with E-state index >= 15 is 0 Å². The van der Waals surface area contributed by atoms with Gasteiger partial charge in [-0.2, -0.15) is 0 Å². The van der Waals surface area contributed by atoms with Crippen LogP contribution in [0.4, 0.5) is 0 Å². The zero-order valence-corrected chi connectivity index (χ0v) is 56.1. The Kier molecular flexibility index (Phi) is 39.7. The topological polar surface area (TPSA) is 36.9 Å². The Balaban J connectivity index is 0.000000562. The van der Waals surface area contributed by atoms with Crippen LogP contribution >= 0.6 is 0 Å². The van der Waals surface area contributed by atoms with Gasteiger partial charge in [-0.3, -0.25) is 0 Å². The Labute approximate surface area is 522 Å². The molecule has 4 nitrogen and oxygen atoms in total. The molecular weight excluding hydrogens is 1050 g/mol. The van der Waals surface area contributed by atoms with Gasteiger partial charge in [0, 0.05) is 33.9 Å². The number of benzene rings is 10.